The highest BCUT2D eigenvalue weighted by atomic mass is 32.2. The van der Waals surface area contributed by atoms with Crippen LogP contribution in [0.3, 0.4) is 0 Å². The number of hydrogen-bond acceptors (Lipinski definition) is 4. The third-order valence-corrected chi connectivity index (χ3v) is 7.13. The van der Waals surface area contributed by atoms with E-state index in [0.29, 0.717) is 19.5 Å². The molecule has 0 radical (unpaired) electrons. The highest BCUT2D eigenvalue weighted by molar-refractivity contribution is 7.91. The van der Waals surface area contributed by atoms with Gasteiger partial charge in [-0.1, -0.05) is 6.07 Å². The van der Waals surface area contributed by atoms with Gasteiger partial charge >= 0.3 is 0 Å². The Morgan fingerprint density at radius 3 is 2.92 bits per heavy atom. The first-order valence-electron chi connectivity index (χ1n) is 8.87. The smallest absolute Gasteiger partial charge is 0.226 e. The number of carbonyl (C=O) groups excluding carboxylic acids is 1. The lowest BCUT2D eigenvalue weighted by Crippen LogP contribution is -2.42. The van der Waals surface area contributed by atoms with Crippen molar-refractivity contribution in [3.63, 3.8) is 0 Å². The number of amides is 1. The molecule has 4 rings (SSSR count). The number of benzene rings is 1. The number of piperidine rings is 1. The van der Waals surface area contributed by atoms with Crippen LogP contribution in [0.15, 0.2) is 18.2 Å². The third kappa shape index (κ3) is 3.29. The Morgan fingerprint density at radius 2 is 2.16 bits per heavy atom. The summed E-state index contributed by atoms with van der Waals surface area (Å²) < 4.78 is 23.3. The van der Waals surface area contributed by atoms with Gasteiger partial charge in [-0.3, -0.25) is 4.79 Å². The van der Waals surface area contributed by atoms with Crippen molar-refractivity contribution in [2.75, 3.05) is 24.6 Å². The van der Waals surface area contributed by atoms with Crippen molar-refractivity contribution in [3.05, 3.63) is 29.6 Å². The zero-order valence-corrected chi connectivity index (χ0v) is 15.2. The topological polar surface area (TPSA) is 83.1 Å². The Bertz CT molecular complexity index is 919. The molecule has 1 N–H and O–H groups in total. The summed E-state index contributed by atoms with van der Waals surface area (Å²) in [4.78, 5) is 22.7. The van der Waals surface area contributed by atoms with Gasteiger partial charge in [0.1, 0.15) is 5.82 Å². The average molecular weight is 361 g/mol. The SMILES string of the molecule is Cc1ccc2nc([C@H]3CCCN(C(=O)[C@H]4CCS(=O)(=O)C4)C3)[nH]c2c1. The maximum Gasteiger partial charge on any atom is 0.226 e. The maximum absolute atomic E-state index is 12.7. The highest BCUT2D eigenvalue weighted by Crippen LogP contribution is 2.29. The summed E-state index contributed by atoms with van der Waals surface area (Å²) in [7, 11) is -3.03. The fourth-order valence-electron chi connectivity index (χ4n) is 3.99. The Morgan fingerprint density at radius 1 is 1.32 bits per heavy atom. The number of carbonyl (C=O) groups is 1. The molecule has 2 saturated heterocycles. The van der Waals surface area contributed by atoms with Crippen LogP contribution in [0.4, 0.5) is 0 Å². The van der Waals surface area contributed by atoms with Gasteiger partial charge in [0.2, 0.25) is 5.91 Å². The molecule has 1 amide bonds. The molecule has 1 aromatic carbocycles. The number of rotatable bonds is 2. The molecule has 2 aliphatic rings. The third-order valence-electron chi connectivity index (χ3n) is 5.36. The van der Waals surface area contributed by atoms with E-state index >= 15 is 0 Å². The molecule has 134 valence electrons. The van der Waals surface area contributed by atoms with Crippen molar-refractivity contribution in [3.8, 4) is 0 Å². The van der Waals surface area contributed by atoms with Gasteiger partial charge in [-0.15, -0.1) is 0 Å². The van der Waals surface area contributed by atoms with Crippen LogP contribution in [0.1, 0.15) is 36.6 Å². The van der Waals surface area contributed by atoms with Crippen LogP contribution >= 0.6 is 0 Å². The molecule has 2 aliphatic heterocycles. The zero-order valence-electron chi connectivity index (χ0n) is 14.4. The highest BCUT2D eigenvalue weighted by Gasteiger charge is 2.37. The lowest BCUT2D eigenvalue weighted by Gasteiger charge is -2.33. The largest absolute Gasteiger partial charge is 0.342 e. The van der Waals surface area contributed by atoms with Gasteiger partial charge in [-0.05, 0) is 43.9 Å². The van der Waals surface area contributed by atoms with E-state index in [1.165, 1.54) is 5.56 Å². The number of aryl methyl sites for hydroxylation is 1. The molecular formula is C18H23N3O3S. The quantitative estimate of drug-likeness (QED) is 0.887. The summed E-state index contributed by atoms with van der Waals surface area (Å²) in [6, 6.07) is 6.14. The fourth-order valence-corrected chi connectivity index (χ4v) is 5.72. The normalized spacial score (nSPS) is 26.2. The number of hydrogen-bond donors (Lipinski definition) is 1. The van der Waals surface area contributed by atoms with Crippen molar-refractivity contribution in [2.45, 2.75) is 32.1 Å². The Hall–Kier alpha value is -1.89. The van der Waals surface area contributed by atoms with Crippen molar-refractivity contribution >= 4 is 26.8 Å². The molecule has 0 bridgehead atoms. The van der Waals surface area contributed by atoms with Crippen LogP contribution in [0.25, 0.3) is 11.0 Å². The minimum Gasteiger partial charge on any atom is -0.342 e. The number of fused-ring (bicyclic) bond motifs is 1. The van der Waals surface area contributed by atoms with Gasteiger partial charge in [0.25, 0.3) is 0 Å². The second-order valence-corrected chi connectivity index (χ2v) is 9.59. The van der Waals surface area contributed by atoms with E-state index in [4.69, 9.17) is 4.98 Å². The minimum absolute atomic E-state index is 0.00210. The van der Waals surface area contributed by atoms with Gasteiger partial charge < -0.3 is 9.88 Å². The number of imidazole rings is 1. The second-order valence-electron chi connectivity index (χ2n) is 7.37. The zero-order chi connectivity index (χ0) is 17.6. The molecule has 25 heavy (non-hydrogen) atoms. The van der Waals surface area contributed by atoms with Crippen LogP contribution in [0.5, 0.6) is 0 Å². The summed E-state index contributed by atoms with van der Waals surface area (Å²) in [6.07, 6.45) is 2.38. The monoisotopic (exact) mass is 361 g/mol. The lowest BCUT2D eigenvalue weighted by molar-refractivity contribution is -0.136. The first kappa shape index (κ1) is 16.6. The Kier molecular flexibility index (Phi) is 4.06. The molecular weight excluding hydrogens is 338 g/mol. The van der Waals surface area contributed by atoms with E-state index in [9.17, 15) is 13.2 Å². The Balaban J connectivity index is 1.51. The van der Waals surface area contributed by atoms with Gasteiger partial charge in [0.15, 0.2) is 9.84 Å². The second kappa shape index (κ2) is 6.12. The number of aromatic amines is 1. The van der Waals surface area contributed by atoms with Gasteiger partial charge in [0.05, 0.1) is 28.5 Å². The van der Waals surface area contributed by atoms with Crippen molar-refractivity contribution < 1.29 is 13.2 Å². The van der Waals surface area contributed by atoms with Crippen molar-refractivity contribution in [1.82, 2.24) is 14.9 Å². The Labute approximate surface area is 147 Å². The number of sulfone groups is 1. The predicted molar refractivity (Wildman–Crippen MR) is 96.1 cm³/mol. The lowest BCUT2D eigenvalue weighted by atomic mass is 9.95. The summed E-state index contributed by atoms with van der Waals surface area (Å²) in [5, 5.41) is 0. The van der Waals surface area contributed by atoms with Crippen LogP contribution in [0.2, 0.25) is 0 Å². The molecule has 0 aliphatic carbocycles. The van der Waals surface area contributed by atoms with Gasteiger partial charge in [-0.25, -0.2) is 13.4 Å². The molecule has 2 atom stereocenters. The van der Waals surface area contributed by atoms with Gasteiger partial charge in [-0.2, -0.15) is 0 Å². The van der Waals surface area contributed by atoms with Crippen LogP contribution < -0.4 is 0 Å². The first-order valence-corrected chi connectivity index (χ1v) is 10.7. The molecule has 1 aromatic heterocycles. The van der Waals surface area contributed by atoms with Crippen LogP contribution in [0, 0.1) is 12.8 Å². The average Bonchev–Trinajstić information content (AvgIpc) is 3.17. The number of likely N-dealkylation sites (tertiary alicyclic amines) is 1. The molecule has 0 saturated carbocycles. The summed E-state index contributed by atoms with van der Waals surface area (Å²) >= 11 is 0. The molecule has 3 heterocycles. The van der Waals surface area contributed by atoms with E-state index < -0.39 is 9.84 Å². The van der Waals surface area contributed by atoms with Crippen molar-refractivity contribution in [1.29, 1.82) is 0 Å². The van der Waals surface area contributed by atoms with E-state index in [0.717, 1.165) is 29.7 Å². The molecule has 2 fully saturated rings. The standard InChI is InChI=1S/C18H23N3O3S/c1-12-4-5-15-16(9-12)20-17(19-15)13-3-2-7-21(10-13)18(22)14-6-8-25(23,24)11-14/h4-5,9,13-14H,2-3,6-8,10-11H2,1H3,(H,19,20)/t13-,14-/m0/s1. The van der Waals surface area contributed by atoms with Crippen molar-refractivity contribution in [2.24, 2.45) is 5.92 Å². The molecule has 0 spiro atoms. The van der Waals surface area contributed by atoms with E-state index in [-0.39, 0.29) is 29.2 Å². The molecule has 7 heteroatoms. The predicted octanol–water partition coefficient (Wildman–Crippen LogP) is 2.01. The van der Waals surface area contributed by atoms with Gasteiger partial charge in [0, 0.05) is 19.0 Å². The van der Waals surface area contributed by atoms with E-state index in [1.807, 2.05) is 17.0 Å². The molecule has 0 unspecified atom stereocenters. The summed E-state index contributed by atoms with van der Waals surface area (Å²) in [5.74, 6) is 0.904. The number of nitrogens with zero attached hydrogens (tertiary/aromatic N) is 2. The number of nitrogens with one attached hydrogen (secondary N) is 1. The fraction of sp³-hybridized carbons (Fsp3) is 0.556. The summed E-state index contributed by atoms with van der Waals surface area (Å²) in [6.45, 7) is 3.38. The number of H-pyrrole nitrogens is 1. The summed E-state index contributed by atoms with van der Waals surface area (Å²) in [5.41, 5.74) is 3.16. The maximum atomic E-state index is 12.7. The van der Waals surface area contributed by atoms with E-state index in [1.54, 1.807) is 0 Å². The molecule has 2 aromatic rings. The minimum atomic E-state index is -3.03. The van der Waals surface area contributed by atoms with Crippen LogP contribution in [-0.4, -0.2) is 53.8 Å². The molecule has 6 nitrogen and oxygen atoms in total. The van der Waals surface area contributed by atoms with E-state index in [2.05, 4.69) is 18.0 Å². The van der Waals surface area contributed by atoms with Crippen LogP contribution in [-0.2, 0) is 14.6 Å². The first-order chi connectivity index (χ1) is 11.9. The number of aromatic nitrogens is 2.